The summed E-state index contributed by atoms with van der Waals surface area (Å²) in [6.07, 6.45) is 6.54. The summed E-state index contributed by atoms with van der Waals surface area (Å²) in [5, 5.41) is 11.5. The number of hydrogen-bond acceptors (Lipinski definition) is 2. The van der Waals surface area contributed by atoms with Crippen molar-refractivity contribution in [2.75, 3.05) is 0 Å². The maximum Gasteiger partial charge on any atom is 0.184 e. The Kier molecular flexibility index (Phi) is 18.8. The molecule has 6 atom stereocenters. The molecule has 0 bridgehead atoms. The van der Waals surface area contributed by atoms with Crippen LogP contribution in [0.1, 0.15) is 134 Å². The van der Waals surface area contributed by atoms with E-state index in [-0.39, 0.29) is 18.5 Å². The minimum absolute atomic E-state index is 0.0204. The van der Waals surface area contributed by atoms with E-state index < -0.39 is 15.1 Å². The van der Waals surface area contributed by atoms with Gasteiger partial charge in [-0.25, -0.2) is 0 Å². The highest BCUT2D eigenvalue weighted by Crippen LogP contribution is 2.55. The first-order valence-corrected chi connectivity index (χ1v) is 28.6. The highest BCUT2D eigenvalue weighted by Gasteiger charge is 2.38. The number of hydrogen-bond donors (Lipinski definition) is 0. The Morgan fingerprint density at radius 3 is 0.926 bits per heavy atom. The molecule has 0 amide bonds. The third-order valence-corrected chi connectivity index (χ3v) is 19.6. The van der Waals surface area contributed by atoms with Crippen molar-refractivity contribution in [3.63, 3.8) is 0 Å². The molecular formula is C64H76O2P2. The summed E-state index contributed by atoms with van der Waals surface area (Å²) in [6, 6.07) is 66.2. The van der Waals surface area contributed by atoms with E-state index in [1.807, 2.05) is 0 Å². The van der Waals surface area contributed by atoms with E-state index in [1.54, 1.807) is 0 Å². The van der Waals surface area contributed by atoms with Crippen LogP contribution in [0.4, 0.5) is 0 Å². The van der Waals surface area contributed by atoms with Crippen LogP contribution in [0.15, 0.2) is 182 Å². The molecule has 1 saturated heterocycles. The summed E-state index contributed by atoms with van der Waals surface area (Å²) < 4.78 is 13.9. The Morgan fingerprint density at radius 1 is 0.353 bits per heavy atom. The fraction of sp³-hybridized carbons (Fsp3) is 0.344. The van der Waals surface area contributed by atoms with Crippen molar-refractivity contribution in [2.24, 2.45) is 5.92 Å². The van der Waals surface area contributed by atoms with Gasteiger partial charge in [0.2, 0.25) is 0 Å². The Balaban J connectivity index is 0.000000223. The molecule has 1 fully saturated rings. The SMILES string of the molecule is CCC(C)C.CCC(C)c1ccc(C2OC(Cp3c4ccccc4c4ccccc43)[C@H](Cp3c4ccccc4c4ccccc43)O2)cc1.CCC(C)c1ccccc1.CCC(C)c1ccccc1. The topological polar surface area (TPSA) is 18.5 Å². The van der Waals surface area contributed by atoms with E-state index in [0.717, 1.165) is 30.2 Å². The van der Waals surface area contributed by atoms with Gasteiger partial charge in [0, 0.05) is 38.4 Å². The maximum atomic E-state index is 6.97. The van der Waals surface area contributed by atoms with Gasteiger partial charge >= 0.3 is 0 Å². The van der Waals surface area contributed by atoms with Crippen molar-refractivity contribution >= 4 is 57.1 Å². The number of benzene rings is 7. The molecule has 5 unspecified atom stereocenters. The monoisotopic (exact) mass is 939 g/mol. The average Bonchev–Trinajstić information content (AvgIpc) is 4.06. The highest BCUT2D eigenvalue weighted by atomic mass is 31.1. The maximum absolute atomic E-state index is 6.97. The lowest BCUT2D eigenvalue weighted by molar-refractivity contribution is -0.0668. The fourth-order valence-corrected chi connectivity index (χ4v) is 14.7. The zero-order valence-corrected chi connectivity index (χ0v) is 44.1. The van der Waals surface area contributed by atoms with Gasteiger partial charge in [0.05, 0.1) is 12.2 Å². The molecule has 354 valence electrons. The molecule has 0 N–H and O–H groups in total. The van der Waals surface area contributed by atoms with Gasteiger partial charge in [-0.1, -0.05) is 251 Å². The lowest BCUT2D eigenvalue weighted by atomic mass is 9.97. The molecule has 3 heterocycles. The normalized spacial score (nSPS) is 16.9. The Bertz CT molecular complexity index is 2620. The van der Waals surface area contributed by atoms with E-state index in [0.29, 0.717) is 17.8 Å². The van der Waals surface area contributed by atoms with Crippen molar-refractivity contribution in [3.05, 3.63) is 204 Å². The van der Waals surface area contributed by atoms with Crippen LogP contribution in [0.5, 0.6) is 0 Å². The van der Waals surface area contributed by atoms with Crippen LogP contribution < -0.4 is 0 Å². The van der Waals surface area contributed by atoms with Gasteiger partial charge in [-0.2, -0.15) is 0 Å². The molecule has 1 aliphatic heterocycles. The van der Waals surface area contributed by atoms with Gasteiger partial charge in [-0.3, -0.25) is 0 Å². The van der Waals surface area contributed by atoms with Crippen LogP contribution in [-0.4, -0.2) is 12.2 Å². The van der Waals surface area contributed by atoms with Gasteiger partial charge < -0.3 is 9.47 Å². The van der Waals surface area contributed by atoms with E-state index in [1.165, 1.54) is 78.0 Å². The molecule has 2 aromatic heterocycles. The summed E-state index contributed by atoms with van der Waals surface area (Å²) >= 11 is 0. The summed E-state index contributed by atoms with van der Waals surface area (Å²) in [6.45, 7) is 20.1. The molecular weight excluding hydrogens is 863 g/mol. The average molecular weight is 939 g/mol. The molecule has 10 rings (SSSR count). The van der Waals surface area contributed by atoms with Crippen molar-refractivity contribution in [1.29, 1.82) is 0 Å². The van der Waals surface area contributed by atoms with E-state index in [9.17, 15) is 0 Å². The van der Waals surface area contributed by atoms with Crippen LogP contribution in [0.2, 0.25) is 0 Å². The first kappa shape index (κ1) is 50.9. The molecule has 68 heavy (non-hydrogen) atoms. The van der Waals surface area contributed by atoms with Crippen molar-refractivity contribution in [1.82, 2.24) is 0 Å². The van der Waals surface area contributed by atoms with Crippen LogP contribution >= 0.6 is 15.1 Å². The lowest BCUT2D eigenvalue weighted by Gasteiger charge is -2.18. The van der Waals surface area contributed by atoms with E-state index in [4.69, 9.17) is 9.47 Å². The van der Waals surface area contributed by atoms with Crippen LogP contribution in [0, 0.1) is 5.92 Å². The minimum atomic E-state index is -0.539. The smallest absolute Gasteiger partial charge is 0.184 e. The largest absolute Gasteiger partial charge is 0.342 e. The Hall–Kier alpha value is -4.94. The van der Waals surface area contributed by atoms with Crippen molar-refractivity contribution < 1.29 is 9.47 Å². The minimum Gasteiger partial charge on any atom is -0.342 e. The van der Waals surface area contributed by atoms with Gasteiger partial charge in [0.25, 0.3) is 0 Å². The second-order valence-electron chi connectivity index (χ2n) is 19.2. The highest BCUT2D eigenvalue weighted by molar-refractivity contribution is 7.61. The summed E-state index contributed by atoms with van der Waals surface area (Å²) in [4.78, 5) is 0. The van der Waals surface area contributed by atoms with Crippen LogP contribution in [-0.2, 0) is 21.8 Å². The quantitative estimate of drug-likeness (QED) is 0.122. The van der Waals surface area contributed by atoms with Crippen LogP contribution in [0.25, 0.3) is 42.0 Å². The zero-order valence-electron chi connectivity index (χ0n) is 42.3. The van der Waals surface area contributed by atoms with E-state index in [2.05, 4.69) is 244 Å². The standard InChI is InChI=1S/C39H36O2P2.2C10H14.C5H12/c1-3-26(2)27-20-22-28(23-21-27)39-40-33(24-42-35-16-8-4-12-29(35)30-13-5-9-17-36(30)42)34(41-39)25-43-37-18-10-6-14-31(37)32-15-7-11-19-38(32)43;2*1-3-9(2)10-7-5-4-6-8-10;1-4-5(2)3/h4-23,26,33-34,39H,3,24-25H2,1-2H3;2*4-9H,3H2,1-2H3;5H,4H2,1-3H3/t26?,33-,34?,39?;;;/m0.../s1. The summed E-state index contributed by atoms with van der Waals surface area (Å²) in [5.41, 5.74) is 5.40. The molecule has 9 aromatic rings. The third-order valence-electron chi connectivity index (χ3n) is 14.3. The van der Waals surface area contributed by atoms with E-state index >= 15 is 0 Å². The summed E-state index contributed by atoms with van der Waals surface area (Å²) in [5.74, 6) is 2.85. The predicted octanol–water partition coefficient (Wildman–Crippen LogP) is 20.4. The first-order valence-electron chi connectivity index (χ1n) is 25.6. The second-order valence-corrected chi connectivity index (χ2v) is 23.6. The number of ether oxygens (including phenoxy) is 2. The molecule has 0 aliphatic carbocycles. The van der Waals surface area contributed by atoms with Crippen molar-refractivity contribution in [2.45, 2.75) is 137 Å². The summed E-state index contributed by atoms with van der Waals surface area (Å²) in [7, 11) is -1.08. The van der Waals surface area contributed by atoms with Gasteiger partial charge in [0.15, 0.2) is 6.29 Å². The van der Waals surface area contributed by atoms with Gasteiger partial charge in [-0.15, -0.1) is 15.1 Å². The first-order chi connectivity index (χ1) is 33.1. The van der Waals surface area contributed by atoms with Gasteiger partial charge in [-0.05, 0) is 81.2 Å². The van der Waals surface area contributed by atoms with Gasteiger partial charge in [0.1, 0.15) is 0 Å². The molecule has 0 radical (unpaired) electrons. The van der Waals surface area contributed by atoms with Crippen LogP contribution in [0.3, 0.4) is 0 Å². The zero-order chi connectivity index (χ0) is 48.0. The molecule has 4 heteroatoms. The number of rotatable bonds is 12. The number of fused-ring (bicyclic) bond motifs is 6. The Labute approximate surface area is 411 Å². The molecule has 0 spiro atoms. The molecule has 0 saturated carbocycles. The van der Waals surface area contributed by atoms with Crippen molar-refractivity contribution in [3.8, 4) is 0 Å². The third kappa shape index (κ3) is 12.4. The molecule has 1 aliphatic rings. The second kappa shape index (κ2) is 25.1. The Morgan fingerprint density at radius 2 is 0.632 bits per heavy atom. The predicted molar refractivity (Wildman–Crippen MR) is 301 cm³/mol. The molecule has 7 aromatic carbocycles. The lowest BCUT2D eigenvalue weighted by Crippen LogP contribution is -2.23. The molecule has 2 nitrogen and oxygen atoms in total. The fourth-order valence-electron chi connectivity index (χ4n) is 9.02.